The lowest BCUT2D eigenvalue weighted by molar-refractivity contribution is -0.191. The molecule has 39 nitrogen and oxygen atoms in total. The molecule has 0 aliphatic heterocycles. The summed E-state index contributed by atoms with van der Waals surface area (Å²) in [6.45, 7) is 38.3. The number of esters is 1. The number of H-pyrrole nitrogens is 6. The number of aromatic amines is 6. The van der Waals surface area contributed by atoms with Crippen LogP contribution in [0, 0.1) is 81.4 Å². The molecule has 52 heteroatoms. The highest BCUT2D eigenvalue weighted by Crippen LogP contribution is 2.39. The number of nitrogens with zero attached hydrogens (tertiary/aromatic N) is 13. The lowest BCUT2D eigenvalue weighted by atomic mass is 10.1. The standard InChI is InChI=1S/C21H15ClF3N5O3S.C17H16ClF3N2O4S.C11H19N3O3.C9H17NO.C7H6ClN3.C7H6IN3.C7H7N3O.C5H7NO2.C4H9Br.C2H6N2.CO2/c1-10-7-16(30-34(32,33)12-3-4-15(22)14(8-12)21(23,24)25)18(27-9-10)19(31)17-13-5-6-26-20(13)29-11(2)28-17;1-10-6-11(15(22-8-10)16(24)23(2)27-3)9-28(25,26)12-4-5-14(18)13(7-12)17(19,20)21;1-4-16-9(17-5-2)6-8-10(12)13-7(3)14-11(8)15;1-5-9(10-4)7-8(3)11-6-2;2*1-4-10-6(8)5-2-3-9-7(5)11-4;1-4-9-6-5(2-3-8-6)7(11)10-4;1-2-8-5(7)3-4-6;1-4(2)3-5;1-2(3)4;2-1-3/h3-9,30H,1-2H3,(H,26,28,29);4-8H,9H2,1-3H3;9H,4-6H2,1-3H3,(H3,12,13,14,15);8-9H,5-7H2,1-3H3;2*2-3H,1H3,(H,9,10,11);2-3H,1H3,(H2,8,9,10,11);2-3H2,1H3;4H,3H2,1-2H3;1H3,(H3,3,4);. The zero-order valence-electron chi connectivity index (χ0n) is 80.7. The first-order valence-electron chi connectivity index (χ1n) is 42.6. The van der Waals surface area contributed by atoms with Crippen LogP contribution in [0.25, 0.3) is 49.0 Å². The number of rotatable bonds is 24. The molecule has 143 heavy (non-hydrogen) atoms. The first-order valence-corrected chi connectivity index (χ1v) is 49.1. The third kappa shape index (κ3) is 41.7. The first-order chi connectivity index (χ1) is 67.1. The number of nitrogens with one attached hydrogen (secondary N) is 8. The van der Waals surface area contributed by atoms with Crippen LogP contribution in [-0.4, -0.2) is 196 Å². The largest absolute Gasteiger partial charge is 0.465 e. The van der Waals surface area contributed by atoms with Crippen LogP contribution in [0.4, 0.5) is 37.8 Å². The van der Waals surface area contributed by atoms with Crippen LogP contribution >= 0.6 is 73.3 Å². The number of amides is 1. The highest BCUT2D eigenvalue weighted by atomic mass is 127. The van der Waals surface area contributed by atoms with E-state index < -0.39 is 92.9 Å². The first kappa shape index (κ1) is 124. The van der Waals surface area contributed by atoms with Crippen molar-refractivity contribution in [3.63, 3.8) is 0 Å². The molecule has 2 aromatic carbocycles. The maximum absolute atomic E-state index is 13.3. The van der Waals surface area contributed by atoms with Crippen LogP contribution in [0.15, 0.2) is 129 Å². The van der Waals surface area contributed by atoms with E-state index in [1.807, 2.05) is 66.8 Å². The van der Waals surface area contributed by atoms with E-state index in [-0.39, 0.29) is 75.8 Å². The predicted molar refractivity (Wildman–Crippen MR) is 539 cm³/mol. The molecule has 13 rings (SSSR count). The van der Waals surface area contributed by atoms with Gasteiger partial charge >= 0.3 is 24.5 Å². The number of hydrogen-bond donors (Lipinski definition) is 10. The fourth-order valence-corrected chi connectivity index (χ4v) is 15.5. The average Bonchev–Trinajstić information content (AvgIpc) is 1.71. The maximum Gasteiger partial charge on any atom is 0.417 e. The van der Waals surface area contributed by atoms with Gasteiger partial charge in [-0.05, 0) is 202 Å². The van der Waals surface area contributed by atoms with E-state index in [1.54, 1.807) is 78.3 Å². The Bertz CT molecular complexity index is 6830. The van der Waals surface area contributed by atoms with Gasteiger partial charge in [-0.3, -0.25) is 48.9 Å². The van der Waals surface area contributed by atoms with Gasteiger partial charge in [0.05, 0.1) is 95.9 Å². The second-order valence-corrected chi connectivity index (χ2v) is 36.5. The second kappa shape index (κ2) is 60.7. The lowest BCUT2D eigenvalue weighted by Gasteiger charge is -2.17. The number of pyridine rings is 2. The number of hydrogen-bond acceptors (Lipinski definition) is 29. The molecule has 0 fully saturated rings. The molecule has 0 spiro atoms. The van der Waals surface area contributed by atoms with Crippen molar-refractivity contribution in [2.45, 2.75) is 183 Å². The molecular formula is C91H108BrCl3F6IN23O16S2. The highest BCUT2D eigenvalue weighted by molar-refractivity contribution is 14.1. The average molecular weight is 2270 g/mol. The number of aromatic nitrogens is 16. The number of nitriles is 1. The van der Waals surface area contributed by atoms with Gasteiger partial charge in [0.1, 0.15) is 89.9 Å². The van der Waals surface area contributed by atoms with E-state index in [9.17, 15) is 67.2 Å². The molecule has 12 N–H and O–H groups in total. The Kier molecular flexibility index (Phi) is 52.8. The Morgan fingerprint density at radius 1 is 0.650 bits per heavy atom. The zero-order valence-corrected chi connectivity index (χ0v) is 88.4. The van der Waals surface area contributed by atoms with Gasteiger partial charge < -0.3 is 65.2 Å². The number of nitrogen functional groups attached to an aromatic ring is 1. The fraction of sp³-hybridized carbons (Fsp3) is 0.374. The third-order valence-electron chi connectivity index (χ3n) is 17.9. The molecule has 2 atom stereocenters. The van der Waals surface area contributed by atoms with Gasteiger partial charge in [0.2, 0.25) is 11.8 Å². The molecule has 1 amide bonds. The molecule has 0 bridgehead atoms. The van der Waals surface area contributed by atoms with Crippen molar-refractivity contribution in [2.24, 2.45) is 11.7 Å². The van der Waals surface area contributed by atoms with Gasteiger partial charge in [-0.15, -0.1) is 0 Å². The van der Waals surface area contributed by atoms with E-state index in [0.29, 0.717) is 106 Å². The number of nitrogens with two attached hydrogens (primary N) is 2. The minimum atomic E-state index is -4.86. The Balaban J connectivity index is 0.000000432. The van der Waals surface area contributed by atoms with E-state index in [1.165, 1.54) is 45.6 Å². The lowest BCUT2D eigenvalue weighted by Crippen LogP contribution is -2.28. The number of aryl methyl sites for hydroxylation is 7. The summed E-state index contributed by atoms with van der Waals surface area (Å²) >= 11 is 22.5. The summed E-state index contributed by atoms with van der Waals surface area (Å²) in [4.78, 5) is 140. The van der Waals surface area contributed by atoms with Crippen molar-refractivity contribution < 1.29 is 90.9 Å². The molecule has 0 aliphatic carbocycles. The van der Waals surface area contributed by atoms with E-state index in [4.69, 9.17) is 92.2 Å². The van der Waals surface area contributed by atoms with Crippen LogP contribution in [0.3, 0.4) is 0 Å². The summed E-state index contributed by atoms with van der Waals surface area (Å²) in [5, 5.41) is 18.4. The van der Waals surface area contributed by atoms with Crippen molar-refractivity contribution in [3.8, 4) is 6.07 Å². The van der Waals surface area contributed by atoms with E-state index in [2.05, 4.69) is 146 Å². The number of benzene rings is 2. The van der Waals surface area contributed by atoms with E-state index in [0.717, 1.165) is 91.6 Å². The van der Waals surface area contributed by atoms with Gasteiger partial charge in [-0.25, -0.2) is 68.3 Å². The number of anilines is 2. The van der Waals surface area contributed by atoms with Crippen LogP contribution in [0.1, 0.15) is 171 Å². The molecule has 11 aromatic heterocycles. The number of fused-ring (bicyclic) bond motifs is 4. The van der Waals surface area contributed by atoms with Gasteiger partial charge in [0.15, 0.2) is 16.1 Å². The zero-order chi connectivity index (χ0) is 108. The van der Waals surface area contributed by atoms with E-state index >= 15 is 0 Å². The Morgan fingerprint density at radius 2 is 1.10 bits per heavy atom. The molecule has 2 unspecified atom stereocenters. The number of sulfonamides is 1. The number of hydroxylamine groups is 2. The minimum absolute atomic E-state index is 0.00796. The van der Waals surface area contributed by atoms with Gasteiger partial charge in [0.25, 0.3) is 27.0 Å². The summed E-state index contributed by atoms with van der Waals surface area (Å²) < 4.78 is 154. The normalized spacial score (nSPS) is 11.2. The Labute approximate surface area is 856 Å². The van der Waals surface area contributed by atoms with Crippen LogP contribution in [-0.2, 0) is 82.6 Å². The topological polar surface area (TPSA) is 577 Å². The van der Waals surface area contributed by atoms with Crippen molar-refractivity contribution in [2.75, 3.05) is 56.4 Å². The van der Waals surface area contributed by atoms with Crippen LogP contribution < -0.4 is 27.3 Å². The quantitative estimate of drug-likeness (QED) is 0.00229. The predicted octanol–water partition coefficient (Wildman–Crippen LogP) is 17.7. The van der Waals surface area contributed by atoms with Gasteiger partial charge in [0, 0.05) is 94.0 Å². The molecule has 0 saturated carbocycles. The second-order valence-electron chi connectivity index (χ2n) is 29.9. The summed E-state index contributed by atoms with van der Waals surface area (Å²) in [5.74, 6) is 1.56. The van der Waals surface area contributed by atoms with Gasteiger partial charge in [-0.1, -0.05) is 77.6 Å². The van der Waals surface area contributed by atoms with Crippen LogP contribution in [0.5, 0.6) is 0 Å². The smallest absolute Gasteiger partial charge is 0.417 e. The molecule has 0 radical (unpaired) electrons. The van der Waals surface area contributed by atoms with Crippen molar-refractivity contribution in [1.82, 2.24) is 84.8 Å². The van der Waals surface area contributed by atoms with Gasteiger partial charge in [-0.2, -0.15) is 41.2 Å². The summed E-state index contributed by atoms with van der Waals surface area (Å²) in [7, 11) is -6.21. The molecule has 0 aliphatic rings. The molecule has 772 valence electrons. The third-order valence-corrected chi connectivity index (χ3v) is 24.0. The Morgan fingerprint density at radius 3 is 1.59 bits per heavy atom. The highest BCUT2D eigenvalue weighted by Gasteiger charge is 2.37. The molecule has 0 saturated heterocycles. The number of alkyl halides is 7. The number of ether oxygens (including phenoxy) is 4. The maximum atomic E-state index is 13.3. The summed E-state index contributed by atoms with van der Waals surface area (Å²) in [6, 6.07) is 16.3. The summed E-state index contributed by atoms with van der Waals surface area (Å²) in [5.41, 5.74) is 11.1. The number of carbonyl (C=O) groups excluding carboxylic acids is 5. The van der Waals surface area contributed by atoms with Crippen molar-refractivity contribution >= 4 is 178 Å². The SMILES string of the molecule is CC(=N)N.CC(C)CBr.CCOC(=O)CC#N.CCOC(Cc1c(N)nc(C)[nH]c1=O)OCC.CON(C)C(=O)c1ncc(C)cc1CS(=O)(=O)c1ccc(Cl)c(C(F)(F)F)c1.Cc1cnc(C(=O)c2nc(C)nc3[nH]ccc23)c(NS(=O)(=O)c2ccc(Cl)c(C(F)(F)F)c2)c1.Cc1nc(Cl)c2cc[nH]c2n1.Cc1nc(I)c2cc[nH]c2n1.Cc1nc2[nH]ccc2c(=O)[nH]1.O=C=O.[C-]#[N+]C(CC)CC(C)OCC. The Hall–Kier alpha value is -12.7. The number of carbonyl (C=O) groups is 3. The van der Waals surface area contributed by atoms with Crippen molar-refractivity contribution in [3.05, 3.63) is 241 Å². The fourth-order valence-electron chi connectivity index (χ4n) is 11.6. The molecular weight excluding hydrogens is 2160 g/mol. The summed E-state index contributed by atoms with van der Waals surface area (Å²) in [6.07, 6.45) is 1.99. The monoisotopic (exact) mass is 2270 g/mol. The molecule has 11 heterocycles. The molecule has 13 aromatic rings. The number of sulfone groups is 1. The van der Waals surface area contributed by atoms with Crippen LogP contribution in [0.2, 0.25) is 15.2 Å². The van der Waals surface area contributed by atoms with Crippen molar-refractivity contribution in [1.29, 1.82) is 10.7 Å². The number of amidine groups is 1. The number of halogens is 11. The minimum Gasteiger partial charge on any atom is -0.465 e. The number of ketones is 1.